The summed E-state index contributed by atoms with van der Waals surface area (Å²) < 4.78 is 0. The molecule has 12 heavy (non-hydrogen) atoms. The van der Waals surface area contributed by atoms with Crippen molar-refractivity contribution < 1.29 is 9.90 Å². The van der Waals surface area contributed by atoms with E-state index in [2.05, 4.69) is 0 Å². The first kappa shape index (κ1) is 9.72. The standard InChI is InChI=1S/C10H18O2/c11-8-4-3-6-9-5-1-2-7-10(9)12/h9,11H,1-8H2. The molecule has 1 aliphatic carbocycles. The summed E-state index contributed by atoms with van der Waals surface area (Å²) in [7, 11) is 0. The third-order valence-corrected chi connectivity index (χ3v) is 2.64. The zero-order valence-corrected chi connectivity index (χ0v) is 7.59. The Labute approximate surface area is 74.0 Å². The maximum Gasteiger partial charge on any atom is 0.135 e. The normalized spacial score (nSPS) is 24.4. The van der Waals surface area contributed by atoms with Gasteiger partial charge in [-0.25, -0.2) is 0 Å². The van der Waals surface area contributed by atoms with Gasteiger partial charge in [0, 0.05) is 18.9 Å². The Balaban J connectivity index is 2.16. The number of unbranched alkanes of at least 4 members (excludes halogenated alkanes) is 1. The van der Waals surface area contributed by atoms with Crippen LogP contribution in [0.1, 0.15) is 44.9 Å². The van der Waals surface area contributed by atoms with Crippen LogP contribution < -0.4 is 0 Å². The molecule has 70 valence electrons. The van der Waals surface area contributed by atoms with Gasteiger partial charge in [0.1, 0.15) is 5.78 Å². The molecule has 2 heteroatoms. The summed E-state index contributed by atoms with van der Waals surface area (Å²) in [5.74, 6) is 0.782. The minimum absolute atomic E-state index is 0.265. The fraction of sp³-hybridized carbons (Fsp3) is 0.900. The van der Waals surface area contributed by atoms with E-state index in [1.165, 1.54) is 6.42 Å². The van der Waals surface area contributed by atoms with Crippen LogP contribution in [-0.2, 0) is 4.79 Å². The first-order chi connectivity index (χ1) is 5.84. The van der Waals surface area contributed by atoms with Crippen molar-refractivity contribution in [2.24, 2.45) is 5.92 Å². The van der Waals surface area contributed by atoms with Crippen molar-refractivity contribution in [1.29, 1.82) is 0 Å². The Morgan fingerprint density at radius 1 is 1.33 bits per heavy atom. The summed E-state index contributed by atoms with van der Waals surface area (Å²) in [6.45, 7) is 0.265. The number of carbonyl (C=O) groups excluding carboxylic acids is 1. The molecule has 1 rings (SSSR count). The summed E-state index contributed by atoms with van der Waals surface area (Å²) in [5, 5.41) is 8.58. The van der Waals surface area contributed by atoms with Crippen molar-refractivity contribution in [3.05, 3.63) is 0 Å². The summed E-state index contributed by atoms with van der Waals surface area (Å²) in [5.41, 5.74) is 0. The second kappa shape index (κ2) is 5.31. The molecule has 2 nitrogen and oxygen atoms in total. The second-order valence-electron chi connectivity index (χ2n) is 3.63. The molecule has 0 aliphatic heterocycles. The number of ketones is 1. The van der Waals surface area contributed by atoms with E-state index in [0.717, 1.165) is 38.5 Å². The van der Waals surface area contributed by atoms with Gasteiger partial charge in [-0.3, -0.25) is 4.79 Å². The minimum Gasteiger partial charge on any atom is -0.396 e. The smallest absolute Gasteiger partial charge is 0.135 e. The predicted octanol–water partition coefficient (Wildman–Crippen LogP) is 1.91. The van der Waals surface area contributed by atoms with Crippen LogP contribution in [0.2, 0.25) is 0 Å². The number of hydrogen-bond donors (Lipinski definition) is 1. The highest BCUT2D eigenvalue weighted by atomic mass is 16.2. The number of hydrogen-bond acceptors (Lipinski definition) is 2. The van der Waals surface area contributed by atoms with E-state index < -0.39 is 0 Å². The third kappa shape index (κ3) is 2.94. The lowest BCUT2D eigenvalue weighted by molar-refractivity contribution is -0.124. The van der Waals surface area contributed by atoms with E-state index in [0.29, 0.717) is 11.7 Å². The molecule has 0 aromatic rings. The van der Waals surface area contributed by atoms with Gasteiger partial charge in [0.05, 0.1) is 0 Å². The van der Waals surface area contributed by atoms with Gasteiger partial charge in [-0.2, -0.15) is 0 Å². The van der Waals surface area contributed by atoms with Crippen LogP contribution in [0.3, 0.4) is 0 Å². The highest BCUT2D eigenvalue weighted by molar-refractivity contribution is 5.81. The Morgan fingerprint density at radius 3 is 2.83 bits per heavy atom. The largest absolute Gasteiger partial charge is 0.396 e. The summed E-state index contributed by atoms with van der Waals surface area (Å²) in [6, 6.07) is 0. The van der Waals surface area contributed by atoms with Crippen LogP contribution in [0.25, 0.3) is 0 Å². The molecule has 1 aliphatic rings. The van der Waals surface area contributed by atoms with Crippen molar-refractivity contribution in [1.82, 2.24) is 0 Å². The topological polar surface area (TPSA) is 37.3 Å². The van der Waals surface area contributed by atoms with Gasteiger partial charge in [0.2, 0.25) is 0 Å². The molecular formula is C10H18O2. The van der Waals surface area contributed by atoms with E-state index in [9.17, 15) is 4.79 Å². The van der Waals surface area contributed by atoms with Crippen molar-refractivity contribution in [2.45, 2.75) is 44.9 Å². The first-order valence-electron chi connectivity index (χ1n) is 4.98. The van der Waals surface area contributed by atoms with Gasteiger partial charge in [0.25, 0.3) is 0 Å². The molecule has 1 unspecified atom stereocenters. The molecule has 0 spiro atoms. The molecule has 1 N–H and O–H groups in total. The third-order valence-electron chi connectivity index (χ3n) is 2.64. The summed E-state index contributed by atoms with van der Waals surface area (Å²) in [4.78, 5) is 11.3. The fourth-order valence-electron chi connectivity index (χ4n) is 1.86. The van der Waals surface area contributed by atoms with Gasteiger partial charge in [-0.15, -0.1) is 0 Å². The minimum atomic E-state index is 0.265. The van der Waals surface area contributed by atoms with Crippen LogP contribution in [-0.4, -0.2) is 17.5 Å². The van der Waals surface area contributed by atoms with Crippen molar-refractivity contribution in [3.63, 3.8) is 0 Å². The zero-order valence-electron chi connectivity index (χ0n) is 7.59. The molecule has 1 saturated carbocycles. The Kier molecular flexibility index (Phi) is 4.30. The number of Topliss-reactive ketones (excluding diaryl/α,β-unsaturated/α-hetero) is 1. The Bertz CT molecular complexity index is 143. The Hall–Kier alpha value is -0.370. The quantitative estimate of drug-likeness (QED) is 0.654. The first-order valence-corrected chi connectivity index (χ1v) is 4.98. The fourth-order valence-corrected chi connectivity index (χ4v) is 1.86. The van der Waals surface area contributed by atoms with E-state index >= 15 is 0 Å². The number of aliphatic hydroxyl groups is 1. The molecule has 1 fully saturated rings. The van der Waals surface area contributed by atoms with Crippen LogP contribution in [0.5, 0.6) is 0 Å². The van der Waals surface area contributed by atoms with Crippen molar-refractivity contribution >= 4 is 5.78 Å². The monoisotopic (exact) mass is 170 g/mol. The average Bonchev–Trinajstić information content (AvgIpc) is 2.09. The predicted molar refractivity (Wildman–Crippen MR) is 47.9 cm³/mol. The number of aliphatic hydroxyl groups excluding tert-OH is 1. The van der Waals surface area contributed by atoms with E-state index in [-0.39, 0.29) is 6.61 Å². The highest BCUT2D eigenvalue weighted by Gasteiger charge is 2.20. The maximum atomic E-state index is 11.3. The molecule has 0 bridgehead atoms. The maximum absolute atomic E-state index is 11.3. The lowest BCUT2D eigenvalue weighted by atomic mass is 9.85. The van der Waals surface area contributed by atoms with E-state index in [1.54, 1.807) is 0 Å². The molecule has 0 heterocycles. The van der Waals surface area contributed by atoms with Gasteiger partial charge in [-0.1, -0.05) is 12.8 Å². The van der Waals surface area contributed by atoms with Crippen LogP contribution in [0, 0.1) is 5.92 Å². The van der Waals surface area contributed by atoms with Crippen molar-refractivity contribution in [2.75, 3.05) is 6.61 Å². The summed E-state index contributed by atoms with van der Waals surface area (Å²) >= 11 is 0. The lowest BCUT2D eigenvalue weighted by Gasteiger charge is -2.19. The molecule has 0 amide bonds. The lowest BCUT2D eigenvalue weighted by Crippen LogP contribution is -2.18. The molecule has 0 saturated heterocycles. The average molecular weight is 170 g/mol. The van der Waals surface area contributed by atoms with Crippen LogP contribution >= 0.6 is 0 Å². The number of rotatable bonds is 4. The van der Waals surface area contributed by atoms with E-state index in [4.69, 9.17) is 5.11 Å². The zero-order chi connectivity index (χ0) is 8.81. The molecule has 0 aromatic heterocycles. The van der Waals surface area contributed by atoms with E-state index in [1.807, 2.05) is 0 Å². The van der Waals surface area contributed by atoms with Crippen LogP contribution in [0.4, 0.5) is 0 Å². The number of carbonyl (C=O) groups is 1. The van der Waals surface area contributed by atoms with Gasteiger partial charge < -0.3 is 5.11 Å². The molecular weight excluding hydrogens is 152 g/mol. The van der Waals surface area contributed by atoms with Crippen molar-refractivity contribution in [3.8, 4) is 0 Å². The molecule has 0 aromatic carbocycles. The SMILES string of the molecule is O=C1CCCCC1CCCCO. The molecule has 0 radical (unpaired) electrons. The van der Waals surface area contributed by atoms with Gasteiger partial charge >= 0.3 is 0 Å². The molecule has 1 atom stereocenters. The summed E-state index contributed by atoms with van der Waals surface area (Å²) in [6.07, 6.45) is 7.05. The Morgan fingerprint density at radius 2 is 2.17 bits per heavy atom. The van der Waals surface area contributed by atoms with Gasteiger partial charge in [-0.05, 0) is 25.7 Å². The highest BCUT2D eigenvalue weighted by Crippen LogP contribution is 2.24. The van der Waals surface area contributed by atoms with Crippen LogP contribution in [0.15, 0.2) is 0 Å². The van der Waals surface area contributed by atoms with Gasteiger partial charge in [0.15, 0.2) is 0 Å². The second-order valence-corrected chi connectivity index (χ2v) is 3.63.